The number of ether oxygens (including phenoxy) is 1. The molecule has 2 aliphatic rings. The van der Waals surface area contributed by atoms with E-state index in [9.17, 15) is 4.79 Å². The van der Waals surface area contributed by atoms with Crippen molar-refractivity contribution in [2.24, 2.45) is 0 Å². The minimum Gasteiger partial charge on any atom is -0.376 e. The van der Waals surface area contributed by atoms with Gasteiger partial charge in [0.1, 0.15) is 0 Å². The molecule has 0 radical (unpaired) electrons. The van der Waals surface area contributed by atoms with Crippen molar-refractivity contribution in [2.75, 3.05) is 13.2 Å². The highest BCUT2D eigenvalue weighted by molar-refractivity contribution is 5.94. The third-order valence-electron chi connectivity index (χ3n) is 6.27. The molecule has 0 saturated carbocycles. The van der Waals surface area contributed by atoms with Gasteiger partial charge in [-0.05, 0) is 80.0 Å². The van der Waals surface area contributed by atoms with E-state index in [4.69, 9.17) is 4.74 Å². The van der Waals surface area contributed by atoms with Gasteiger partial charge in [-0.1, -0.05) is 30.3 Å². The SMILES string of the molecule is O=C(NC[C@H]1CCCO1)c1ccc(-n2c(-c3ccccc3)cc3c2CCCC3)cc1. The minimum atomic E-state index is -0.0325. The number of nitrogens with zero attached hydrogens (tertiary/aromatic N) is 1. The van der Waals surface area contributed by atoms with Gasteiger partial charge in [-0.25, -0.2) is 0 Å². The number of amides is 1. The van der Waals surface area contributed by atoms with Gasteiger partial charge in [0.15, 0.2) is 0 Å². The van der Waals surface area contributed by atoms with Gasteiger partial charge >= 0.3 is 0 Å². The van der Waals surface area contributed by atoms with E-state index >= 15 is 0 Å². The third-order valence-corrected chi connectivity index (χ3v) is 6.27. The maximum absolute atomic E-state index is 12.5. The van der Waals surface area contributed by atoms with Crippen LogP contribution in [0.3, 0.4) is 0 Å². The predicted molar refractivity (Wildman–Crippen MR) is 119 cm³/mol. The molecular weight excluding hydrogens is 372 g/mol. The zero-order valence-electron chi connectivity index (χ0n) is 17.3. The van der Waals surface area contributed by atoms with E-state index < -0.39 is 0 Å². The Morgan fingerprint density at radius 3 is 2.57 bits per heavy atom. The molecule has 4 heteroatoms. The normalized spacial score (nSPS) is 18.2. The molecule has 154 valence electrons. The van der Waals surface area contributed by atoms with Crippen LogP contribution in [-0.2, 0) is 17.6 Å². The van der Waals surface area contributed by atoms with Crippen molar-refractivity contribution < 1.29 is 9.53 Å². The Balaban J connectivity index is 1.42. The van der Waals surface area contributed by atoms with Crippen molar-refractivity contribution in [3.05, 3.63) is 77.5 Å². The van der Waals surface area contributed by atoms with Gasteiger partial charge in [-0.3, -0.25) is 4.79 Å². The summed E-state index contributed by atoms with van der Waals surface area (Å²) in [6.45, 7) is 1.39. The van der Waals surface area contributed by atoms with Gasteiger partial charge in [0.25, 0.3) is 5.91 Å². The Bertz CT molecular complexity index is 1020. The van der Waals surface area contributed by atoms with Crippen LogP contribution in [-0.4, -0.2) is 29.7 Å². The van der Waals surface area contributed by atoms with Crippen molar-refractivity contribution in [1.29, 1.82) is 0 Å². The Hall–Kier alpha value is -2.85. The maximum Gasteiger partial charge on any atom is 0.251 e. The lowest BCUT2D eigenvalue weighted by Gasteiger charge is -2.18. The number of nitrogens with one attached hydrogen (secondary N) is 1. The molecule has 1 fully saturated rings. The molecule has 1 aliphatic carbocycles. The van der Waals surface area contributed by atoms with E-state index in [0.717, 1.165) is 38.0 Å². The Morgan fingerprint density at radius 1 is 1.00 bits per heavy atom. The van der Waals surface area contributed by atoms with Crippen LogP contribution in [0.4, 0.5) is 0 Å². The van der Waals surface area contributed by atoms with Crippen LogP contribution in [0.15, 0.2) is 60.7 Å². The van der Waals surface area contributed by atoms with Gasteiger partial charge in [0.05, 0.1) is 11.8 Å². The van der Waals surface area contributed by atoms with Gasteiger partial charge in [-0.2, -0.15) is 0 Å². The molecular formula is C26H28N2O2. The smallest absolute Gasteiger partial charge is 0.251 e. The van der Waals surface area contributed by atoms with Crippen LogP contribution in [0.5, 0.6) is 0 Å². The van der Waals surface area contributed by atoms with E-state index in [2.05, 4.69) is 58.4 Å². The Morgan fingerprint density at radius 2 is 1.80 bits per heavy atom. The van der Waals surface area contributed by atoms with Gasteiger partial charge < -0.3 is 14.6 Å². The van der Waals surface area contributed by atoms with Crippen LogP contribution in [0.25, 0.3) is 16.9 Å². The summed E-state index contributed by atoms with van der Waals surface area (Å²) in [4.78, 5) is 12.5. The lowest BCUT2D eigenvalue weighted by Crippen LogP contribution is -2.31. The molecule has 2 aromatic carbocycles. The molecule has 1 N–H and O–H groups in total. The molecule has 3 aromatic rings. The molecule has 0 spiro atoms. The van der Waals surface area contributed by atoms with Crippen molar-refractivity contribution >= 4 is 5.91 Å². The fourth-order valence-corrected chi connectivity index (χ4v) is 4.69. The number of hydrogen-bond acceptors (Lipinski definition) is 2. The number of rotatable bonds is 5. The van der Waals surface area contributed by atoms with Crippen LogP contribution in [0, 0.1) is 0 Å². The van der Waals surface area contributed by atoms with E-state index in [1.807, 2.05) is 12.1 Å². The predicted octanol–water partition coefficient (Wildman–Crippen LogP) is 4.93. The molecule has 1 saturated heterocycles. The minimum absolute atomic E-state index is 0.0325. The average Bonchev–Trinajstić information content (AvgIpc) is 3.46. The standard InChI is InChI=1S/C26H28N2O2/c29-26(27-18-23-10-6-16-30-23)20-12-14-22(15-13-20)28-24-11-5-4-9-21(24)17-25(28)19-7-2-1-3-8-19/h1-3,7-8,12-15,17,23H,4-6,9-11,16,18H2,(H,27,29)/t23-/m1/s1. The lowest BCUT2D eigenvalue weighted by atomic mass is 9.98. The molecule has 0 unspecified atom stereocenters. The Kier molecular flexibility index (Phi) is 5.41. The van der Waals surface area contributed by atoms with Crippen molar-refractivity contribution in [1.82, 2.24) is 9.88 Å². The first kappa shape index (κ1) is 19.1. The number of benzene rings is 2. The largest absolute Gasteiger partial charge is 0.376 e. The number of fused-ring (bicyclic) bond motifs is 1. The summed E-state index contributed by atoms with van der Waals surface area (Å²) in [7, 11) is 0. The van der Waals surface area contributed by atoms with Crippen molar-refractivity contribution in [2.45, 2.75) is 44.6 Å². The number of aryl methyl sites for hydroxylation is 1. The maximum atomic E-state index is 12.5. The first-order chi connectivity index (χ1) is 14.8. The first-order valence-electron chi connectivity index (χ1n) is 11.1. The van der Waals surface area contributed by atoms with Crippen LogP contribution < -0.4 is 5.32 Å². The third kappa shape index (κ3) is 3.80. The molecule has 0 bridgehead atoms. The average molecular weight is 401 g/mol. The number of hydrogen-bond donors (Lipinski definition) is 1. The molecule has 30 heavy (non-hydrogen) atoms. The van der Waals surface area contributed by atoms with E-state index in [0.29, 0.717) is 12.1 Å². The summed E-state index contributed by atoms with van der Waals surface area (Å²) < 4.78 is 7.98. The van der Waals surface area contributed by atoms with E-state index in [1.54, 1.807) is 0 Å². The summed E-state index contributed by atoms with van der Waals surface area (Å²) in [5, 5.41) is 3.01. The summed E-state index contributed by atoms with van der Waals surface area (Å²) in [6.07, 6.45) is 7.01. The second-order valence-electron chi connectivity index (χ2n) is 8.30. The second kappa shape index (κ2) is 8.49. The fourth-order valence-electron chi connectivity index (χ4n) is 4.69. The van der Waals surface area contributed by atoms with Crippen LogP contribution in [0.1, 0.15) is 47.3 Å². The highest BCUT2D eigenvalue weighted by Crippen LogP contribution is 2.33. The highest BCUT2D eigenvalue weighted by atomic mass is 16.5. The molecule has 1 amide bonds. The molecule has 1 aliphatic heterocycles. The highest BCUT2D eigenvalue weighted by Gasteiger charge is 2.21. The molecule has 2 heterocycles. The van der Waals surface area contributed by atoms with Gasteiger partial charge in [0.2, 0.25) is 0 Å². The van der Waals surface area contributed by atoms with Crippen molar-refractivity contribution in [3.8, 4) is 16.9 Å². The molecule has 1 aromatic heterocycles. The zero-order valence-corrected chi connectivity index (χ0v) is 17.3. The zero-order chi connectivity index (χ0) is 20.3. The summed E-state index contributed by atoms with van der Waals surface area (Å²) >= 11 is 0. The summed E-state index contributed by atoms with van der Waals surface area (Å²) in [5.41, 5.74) is 7.14. The number of carbonyl (C=O) groups excluding carboxylic acids is 1. The first-order valence-corrected chi connectivity index (χ1v) is 11.1. The molecule has 4 nitrogen and oxygen atoms in total. The second-order valence-corrected chi connectivity index (χ2v) is 8.30. The van der Waals surface area contributed by atoms with Crippen LogP contribution in [0.2, 0.25) is 0 Å². The quantitative estimate of drug-likeness (QED) is 0.660. The number of carbonyl (C=O) groups is 1. The van der Waals surface area contributed by atoms with Gasteiger partial charge in [0, 0.05) is 30.1 Å². The number of aromatic nitrogens is 1. The monoisotopic (exact) mass is 400 g/mol. The molecule has 1 atom stereocenters. The summed E-state index contributed by atoms with van der Waals surface area (Å²) in [5.74, 6) is -0.0325. The van der Waals surface area contributed by atoms with Crippen molar-refractivity contribution in [3.63, 3.8) is 0 Å². The lowest BCUT2D eigenvalue weighted by molar-refractivity contribution is 0.0858. The summed E-state index contributed by atoms with van der Waals surface area (Å²) in [6, 6.07) is 20.9. The fraction of sp³-hybridized carbons (Fsp3) is 0.346. The Labute approximate surface area is 177 Å². The topological polar surface area (TPSA) is 43.3 Å². The van der Waals surface area contributed by atoms with E-state index in [-0.39, 0.29) is 12.0 Å². The van der Waals surface area contributed by atoms with Gasteiger partial charge in [-0.15, -0.1) is 0 Å². The van der Waals surface area contributed by atoms with Crippen LogP contribution >= 0.6 is 0 Å². The molecule has 5 rings (SSSR count). The van der Waals surface area contributed by atoms with E-state index in [1.165, 1.54) is 35.4 Å².